The minimum atomic E-state index is 0.738. The van der Waals surface area contributed by atoms with Crippen LogP contribution < -0.4 is 0 Å². The second-order valence-corrected chi connectivity index (χ2v) is 8.94. The highest BCUT2D eigenvalue weighted by atomic mass is 15.2. The molecule has 2 heteroatoms. The van der Waals surface area contributed by atoms with Crippen molar-refractivity contribution in [3.8, 4) is 0 Å². The number of hydrogen-bond acceptors (Lipinski definition) is 2. The molecule has 0 aliphatic heterocycles. The smallest absolute Gasteiger partial charge is 0.0568 e. The number of unbranched alkanes of at least 4 members (excludes halogenated alkanes) is 2. The lowest BCUT2D eigenvalue weighted by Crippen LogP contribution is -2.13. The minimum Gasteiger partial charge on any atom is -0.159 e. The van der Waals surface area contributed by atoms with Gasteiger partial charge in [0.15, 0.2) is 0 Å². The number of aryl methyl sites for hydroxylation is 1. The Balaban J connectivity index is 1.44. The van der Waals surface area contributed by atoms with Gasteiger partial charge in [0.1, 0.15) is 0 Å². The topological polar surface area (TPSA) is 24.7 Å². The maximum Gasteiger partial charge on any atom is 0.0568 e. The van der Waals surface area contributed by atoms with Crippen LogP contribution in [-0.2, 0) is 6.42 Å². The van der Waals surface area contributed by atoms with Gasteiger partial charge in [0.2, 0.25) is 0 Å². The summed E-state index contributed by atoms with van der Waals surface area (Å²) < 4.78 is 0. The van der Waals surface area contributed by atoms with Crippen molar-refractivity contribution in [3.05, 3.63) is 83.4 Å². The summed E-state index contributed by atoms with van der Waals surface area (Å²) in [6.07, 6.45) is 18.5. The lowest BCUT2D eigenvalue weighted by Gasteiger charge is -2.28. The van der Waals surface area contributed by atoms with Crippen molar-refractivity contribution in [2.75, 3.05) is 0 Å². The molecule has 3 rings (SSSR count). The van der Waals surface area contributed by atoms with Crippen molar-refractivity contribution in [2.24, 2.45) is 16.1 Å². The maximum atomic E-state index is 4.24. The van der Waals surface area contributed by atoms with Gasteiger partial charge in [-0.05, 0) is 85.5 Å². The van der Waals surface area contributed by atoms with E-state index >= 15 is 0 Å². The first-order chi connectivity index (χ1) is 15.3. The lowest BCUT2D eigenvalue weighted by molar-refractivity contribution is 0.308. The highest BCUT2D eigenvalue weighted by Crippen LogP contribution is 2.37. The van der Waals surface area contributed by atoms with E-state index in [2.05, 4.69) is 72.2 Å². The first-order valence-electron chi connectivity index (χ1n) is 12.1. The van der Waals surface area contributed by atoms with Crippen LogP contribution in [0.15, 0.2) is 71.4 Å². The molecule has 0 unspecified atom stereocenters. The van der Waals surface area contributed by atoms with Crippen LogP contribution in [0.3, 0.4) is 0 Å². The molecule has 0 radical (unpaired) electrons. The summed E-state index contributed by atoms with van der Waals surface area (Å²) in [6, 6.07) is 17.5. The number of benzene rings is 2. The zero-order valence-electron chi connectivity index (χ0n) is 19.2. The van der Waals surface area contributed by atoms with Crippen molar-refractivity contribution in [2.45, 2.75) is 77.0 Å². The van der Waals surface area contributed by atoms with Crippen LogP contribution in [0, 0.1) is 5.92 Å². The van der Waals surface area contributed by atoms with Gasteiger partial charge in [-0.3, -0.25) is 0 Å². The normalized spacial score (nSPS) is 19.3. The molecule has 0 atom stereocenters. The fraction of sp³-hybridized carbons (Fsp3) is 0.448. The van der Waals surface area contributed by atoms with Gasteiger partial charge in [-0.15, -0.1) is 6.58 Å². The van der Waals surface area contributed by atoms with Gasteiger partial charge >= 0.3 is 0 Å². The van der Waals surface area contributed by atoms with Crippen LogP contribution in [0.4, 0.5) is 0 Å². The Hall–Kier alpha value is -2.48. The number of rotatable bonds is 11. The predicted octanol–water partition coefficient (Wildman–Crippen LogP) is 8.11. The monoisotopic (exact) mass is 414 g/mol. The highest BCUT2D eigenvalue weighted by Gasteiger charge is 2.21. The SMILES string of the molecule is C=CCCCCc1ccc(/C=N/N=C/c2ccc(C3CCC(CCC)CC3)cc2)cc1. The third-order valence-corrected chi connectivity index (χ3v) is 6.54. The van der Waals surface area contributed by atoms with Crippen LogP contribution in [0.2, 0.25) is 0 Å². The van der Waals surface area contributed by atoms with Crippen molar-refractivity contribution in [1.82, 2.24) is 0 Å². The summed E-state index contributed by atoms with van der Waals surface area (Å²) in [4.78, 5) is 0. The molecule has 0 spiro atoms. The molecule has 2 aromatic carbocycles. The second kappa shape index (κ2) is 13.0. The molecule has 0 amide bonds. The predicted molar refractivity (Wildman–Crippen MR) is 135 cm³/mol. The van der Waals surface area contributed by atoms with Gasteiger partial charge in [0.25, 0.3) is 0 Å². The zero-order chi connectivity index (χ0) is 21.7. The van der Waals surface area contributed by atoms with E-state index in [-0.39, 0.29) is 0 Å². The number of hydrogen-bond donors (Lipinski definition) is 0. The fourth-order valence-electron chi connectivity index (χ4n) is 4.64. The Morgan fingerprint density at radius 2 is 1.45 bits per heavy atom. The molecule has 1 aliphatic carbocycles. The van der Waals surface area contributed by atoms with Crippen LogP contribution in [0.1, 0.15) is 92.9 Å². The summed E-state index contributed by atoms with van der Waals surface area (Å²) in [5, 5.41) is 8.46. The van der Waals surface area contributed by atoms with E-state index in [1.54, 1.807) is 0 Å². The summed E-state index contributed by atoms with van der Waals surface area (Å²) in [7, 11) is 0. The van der Waals surface area contributed by atoms with E-state index in [0.717, 1.165) is 35.8 Å². The van der Waals surface area contributed by atoms with Gasteiger partial charge in [-0.1, -0.05) is 74.4 Å². The molecule has 1 fully saturated rings. The van der Waals surface area contributed by atoms with Crippen LogP contribution in [0.25, 0.3) is 0 Å². The first-order valence-corrected chi connectivity index (χ1v) is 12.1. The molecule has 1 aliphatic rings. The van der Waals surface area contributed by atoms with Crippen molar-refractivity contribution < 1.29 is 0 Å². The summed E-state index contributed by atoms with van der Waals surface area (Å²) in [5.41, 5.74) is 5.06. The molecule has 0 N–H and O–H groups in total. The van der Waals surface area contributed by atoms with E-state index in [0.29, 0.717) is 0 Å². The van der Waals surface area contributed by atoms with Gasteiger partial charge < -0.3 is 0 Å². The molecule has 0 heterocycles. The average molecular weight is 415 g/mol. The molecular weight excluding hydrogens is 376 g/mol. The van der Waals surface area contributed by atoms with E-state index < -0.39 is 0 Å². The van der Waals surface area contributed by atoms with Crippen molar-refractivity contribution in [3.63, 3.8) is 0 Å². The Morgan fingerprint density at radius 3 is 2.03 bits per heavy atom. The van der Waals surface area contributed by atoms with Crippen LogP contribution in [0.5, 0.6) is 0 Å². The number of allylic oxidation sites excluding steroid dienone is 1. The second-order valence-electron chi connectivity index (χ2n) is 8.94. The molecule has 2 aromatic rings. The Labute approximate surface area is 189 Å². The summed E-state index contributed by atoms with van der Waals surface area (Å²) >= 11 is 0. The maximum absolute atomic E-state index is 4.24. The average Bonchev–Trinajstić information content (AvgIpc) is 2.82. The lowest BCUT2D eigenvalue weighted by atomic mass is 9.77. The molecule has 0 aromatic heterocycles. The van der Waals surface area contributed by atoms with E-state index in [1.807, 2.05) is 18.5 Å². The van der Waals surface area contributed by atoms with Crippen molar-refractivity contribution in [1.29, 1.82) is 0 Å². The molecule has 31 heavy (non-hydrogen) atoms. The van der Waals surface area contributed by atoms with Crippen LogP contribution in [-0.4, -0.2) is 12.4 Å². The molecule has 164 valence electrons. The Bertz CT molecular complexity index is 822. The van der Waals surface area contributed by atoms with Crippen LogP contribution >= 0.6 is 0 Å². The molecule has 1 saturated carbocycles. The summed E-state index contributed by atoms with van der Waals surface area (Å²) in [6.45, 7) is 6.08. The Morgan fingerprint density at radius 1 is 0.839 bits per heavy atom. The summed E-state index contributed by atoms with van der Waals surface area (Å²) in [5.74, 6) is 1.70. The Kier molecular flexibility index (Phi) is 9.76. The first kappa shape index (κ1) is 23.2. The molecular formula is C29H38N2. The fourth-order valence-corrected chi connectivity index (χ4v) is 4.64. The molecule has 0 saturated heterocycles. The zero-order valence-corrected chi connectivity index (χ0v) is 19.2. The van der Waals surface area contributed by atoms with E-state index in [4.69, 9.17) is 0 Å². The standard InChI is InChI=1S/C29H38N2/c1-3-5-6-7-9-25-10-12-26(13-11-25)22-30-31-23-27-16-20-29(21-17-27)28-18-14-24(8-4-2)15-19-28/h3,10-13,16-17,20-24,28H,1,4-9,14-15,18-19H2,2H3/b30-22+,31-23+. The van der Waals surface area contributed by atoms with Gasteiger partial charge in [0, 0.05) is 0 Å². The minimum absolute atomic E-state index is 0.738. The van der Waals surface area contributed by atoms with E-state index in [9.17, 15) is 0 Å². The molecule has 0 bridgehead atoms. The van der Waals surface area contributed by atoms with E-state index in [1.165, 1.54) is 62.5 Å². The number of nitrogens with zero attached hydrogens (tertiary/aromatic N) is 2. The quantitative estimate of drug-likeness (QED) is 0.153. The van der Waals surface area contributed by atoms with Gasteiger partial charge in [-0.2, -0.15) is 10.2 Å². The highest BCUT2D eigenvalue weighted by molar-refractivity contribution is 5.82. The van der Waals surface area contributed by atoms with Gasteiger partial charge in [-0.25, -0.2) is 0 Å². The molecule has 2 nitrogen and oxygen atoms in total. The third-order valence-electron chi connectivity index (χ3n) is 6.54. The largest absolute Gasteiger partial charge is 0.159 e. The van der Waals surface area contributed by atoms with Gasteiger partial charge in [0.05, 0.1) is 12.4 Å². The third kappa shape index (κ3) is 7.94. The van der Waals surface area contributed by atoms with Crippen molar-refractivity contribution >= 4 is 12.4 Å².